The molecule has 2 atom stereocenters. The summed E-state index contributed by atoms with van der Waals surface area (Å²) in [6.07, 6.45) is 0. The van der Waals surface area contributed by atoms with Crippen LogP contribution in [-0.4, -0.2) is 13.1 Å². The number of nitrogens with one attached hydrogen (secondary N) is 1. The van der Waals surface area contributed by atoms with E-state index >= 15 is 0 Å². The first-order valence-corrected chi connectivity index (χ1v) is 4.22. The van der Waals surface area contributed by atoms with Gasteiger partial charge >= 0.3 is 0 Å². The molecule has 0 aromatic carbocycles. The van der Waals surface area contributed by atoms with Gasteiger partial charge in [0.05, 0.1) is 0 Å². The summed E-state index contributed by atoms with van der Waals surface area (Å²) in [6, 6.07) is 0. The zero-order valence-electron chi connectivity index (χ0n) is 7.57. The van der Waals surface area contributed by atoms with Crippen LogP contribution in [0.25, 0.3) is 0 Å². The zero-order chi connectivity index (χ0) is 7.78. The third-order valence-electron chi connectivity index (χ3n) is 2.63. The van der Waals surface area contributed by atoms with E-state index in [0.717, 1.165) is 11.8 Å². The Morgan fingerprint density at radius 3 is 2.00 bits per heavy atom. The van der Waals surface area contributed by atoms with Crippen LogP contribution in [0.4, 0.5) is 0 Å². The van der Waals surface area contributed by atoms with Crippen molar-refractivity contribution in [1.29, 1.82) is 0 Å². The molecule has 1 aliphatic rings. The van der Waals surface area contributed by atoms with Gasteiger partial charge in [-0.25, -0.2) is 0 Å². The third-order valence-corrected chi connectivity index (χ3v) is 2.63. The summed E-state index contributed by atoms with van der Waals surface area (Å²) in [5, 5.41) is 3.43. The van der Waals surface area contributed by atoms with Gasteiger partial charge < -0.3 is 5.32 Å². The molecule has 0 aromatic rings. The van der Waals surface area contributed by atoms with Gasteiger partial charge in [0.2, 0.25) is 0 Å². The summed E-state index contributed by atoms with van der Waals surface area (Å²) in [6.45, 7) is 11.8. The summed E-state index contributed by atoms with van der Waals surface area (Å²) in [5.41, 5.74) is 0.489. The fourth-order valence-electron chi connectivity index (χ4n) is 1.97. The molecule has 0 spiro atoms. The van der Waals surface area contributed by atoms with E-state index < -0.39 is 0 Å². The van der Waals surface area contributed by atoms with Crippen molar-refractivity contribution in [1.82, 2.24) is 5.32 Å². The first-order chi connectivity index (χ1) is 4.52. The minimum Gasteiger partial charge on any atom is -0.316 e. The van der Waals surface area contributed by atoms with Gasteiger partial charge in [-0.1, -0.05) is 27.7 Å². The molecule has 0 amide bonds. The number of hydrogen-bond acceptors (Lipinski definition) is 1. The van der Waals surface area contributed by atoms with E-state index in [0.29, 0.717) is 5.41 Å². The van der Waals surface area contributed by atoms with Crippen molar-refractivity contribution in [3.63, 3.8) is 0 Å². The highest BCUT2D eigenvalue weighted by molar-refractivity contribution is 4.85. The van der Waals surface area contributed by atoms with E-state index in [1.54, 1.807) is 0 Å². The highest BCUT2D eigenvalue weighted by Gasteiger charge is 2.32. The third kappa shape index (κ3) is 1.51. The summed E-state index contributed by atoms with van der Waals surface area (Å²) < 4.78 is 0. The minimum absolute atomic E-state index is 0.489. The van der Waals surface area contributed by atoms with Crippen LogP contribution in [0.1, 0.15) is 27.7 Å². The molecule has 60 valence electrons. The van der Waals surface area contributed by atoms with Crippen LogP contribution >= 0.6 is 0 Å². The molecule has 0 aliphatic carbocycles. The number of rotatable bonds is 0. The molecular formula is C9H19N. The van der Waals surface area contributed by atoms with Gasteiger partial charge in [-0.2, -0.15) is 0 Å². The molecule has 1 saturated heterocycles. The second-order valence-electron chi connectivity index (χ2n) is 4.61. The van der Waals surface area contributed by atoms with Crippen LogP contribution in [0.5, 0.6) is 0 Å². The molecule has 1 rings (SSSR count). The Balaban J connectivity index is 2.55. The first-order valence-electron chi connectivity index (χ1n) is 4.22. The predicted molar refractivity (Wildman–Crippen MR) is 45.0 cm³/mol. The van der Waals surface area contributed by atoms with Crippen molar-refractivity contribution in [3.8, 4) is 0 Å². The molecule has 1 fully saturated rings. The Morgan fingerprint density at radius 1 is 1.20 bits per heavy atom. The Morgan fingerprint density at radius 2 is 1.80 bits per heavy atom. The molecule has 1 nitrogen and oxygen atoms in total. The fraction of sp³-hybridized carbons (Fsp3) is 1.00. The van der Waals surface area contributed by atoms with Crippen molar-refractivity contribution in [2.24, 2.45) is 17.3 Å². The average molecular weight is 141 g/mol. The zero-order valence-corrected chi connectivity index (χ0v) is 7.57. The maximum Gasteiger partial charge on any atom is -0.00124 e. The highest BCUT2D eigenvalue weighted by Crippen LogP contribution is 2.33. The summed E-state index contributed by atoms with van der Waals surface area (Å²) >= 11 is 0. The largest absolute Gasteiger partial charge is 0.316 e. The second-order valence-corrected chi connectivity index (χ2v) is 4.61. The van der Waals surface area contributed by atoms with Crippen molar-refractivity contribution in [2.75, 3.05) is 13.1 Å². The molecule has 10 heavy (non-hydrogen) atoms. The van der Waals surface area contributed by atoms with Crippen LogP contribution in [0.3, 0.4) is 0 Å². The van der Waals surface area contributed by atoms with Crippen LogP contribution in [0.2, 0.25) is 0 Å². The van der Waals surface area contributed by atoms with Crippen molar-refractivity contribution >= 4 is 0 Å². The molecule has 0 saturated carbocycles. The minimum atomic E-state index is 0.489. The van der Waals surface area contributed by atoms with Gasteiger partial charge in [-0.3, -0.25) is 0 Å². The van der Waals surface area contributed by atoms with E-state index in [2.05, 4.69) is 33.0 Å². The molecule has 0 aromatic heterocycles. The summed E-state index contributed by atoms with van der Waals surface area (Å²) in [7, 11) is 0. The average Bonchev–Trinajstić information content (AvgIpc) is 2.11. The lowest BCUT2D eigenvalue weighted by Crippen LogP contribution is -2.26. The van der Waals surface area contributed by atoms with E-state index in [-0.39, 0.29) is 0 Å². The summed E-state index contributed by atoms with van der Waals surface area (Å²) in [4.78, 5) is 0. The monoisotopic (exact) mass is 141 g/mol. The van der Waals surface area contributed by atoms with E-state index in [4.69, 9.17) is 0 Å². The Hall–Kier alpha value is -0.0400. The van der Waals surface area contributed by atoms with Gasteiger partial charge in [0, 0.05) is 0 Å². The smallest absolute Gasteiger partial charge is 0.00124 e. The van der Waals surface area contributed by atoms with Crippen molar-refractivity contribution < 1.29 is 0 Å². The van der Waals surface area contributed by atoms with E-state index in [1.165, 1.54) is 13.1 Å². The quantitative estimate of drug-likeness (QED) is 0.543. The van der Waals surface area contributed by atoms with E-state index in [9.17, 15) is 0 Å². The predicted octanol–water partition coefficient (Wildman–Crippen LogP) is 1.89. The molecule has 0 bridgehead atoms. The molecule has 1 N–H and O–H groups in total. The van der Waals surface area contributed by atoms with E-state index in [1.807, 2.05) is 0 Å². The van der Waals surface area contributed by atoms with Crippen molar-refractivity contribution in [2.45, 2.75) is 27.7 Å². The van der Waals surface area contributed by atoms with Crippen LogP contribution in [-0.2, 0) is 0 Å². The fourth-order valence-corrected chi connectivity index (χ4v) is 1.97. The lowest BCUT2D eigenvalue weighted by molar-refractivity contribution is 0.213. The van der Waals surface area contributed by atoms with Crippen LogP contribution in [0, 0.1) is 17.3 Å². The molecule has 1 aliphatic heterocycles. The first kappa shape index (κ1) is 8.06. The highest BCUT2D eigenvalue weighted by atomic mass is 14.9. The standard InChI is InChI=1S/C9H19N/c1-7-5-10-6-8(7)9(2,3)4/h7-8,10H,5-6H2,1-4H3. The van der Waals surface area contributed by atoms with Gasteiger partial charge in [-0.15, -0.1) is 0 Å². The Kier molecular flexibility index (Phi) is 2.04. The topological polar surface area (TPSA) is 12.0 Å². The maximum atomic E-state index is 3.43. The van der Waals surface area contributed by atoms with Crippen molar-refractivity contribution in [3.05, 3.63) is 0 Å². The lowest BCUT2D eigenvalue weighted by atomic mass is 9.76. The van der Waals surface area contributed by atoms with Gasteiger partial charge in [0.1, 0.15) is 0 Å². The molecular weight excluding hydrogens is 122 g/mol. The van der Waals surface area contributed by atoms with Crippen LogP contribution in [0.15, 0.2) is 0 Å². The SMILES string of the molecule is CC1CNCC1C(C)(C)C. The Labute approximate surface area is 64.2 Å². The maximum absolute atomic E-state index is 3.43. The lowest BCUT2D eigenvalue weighted by Gasteiger charge is -2.29. The molecule has 1 heteroatoms. The molecule has 2 unspecified atom stereocenters. The van der Waals surface area contributed by atoms with Gasteiger partial charge in [0.25, 0.3) is 0 Å². The molecule has 0 radical (unpaired) electrons. The van der Waals surface area contributed by atoms with Crippen LogP contribution < -0.4 is 5.32 Å². The summed E-state index contributed by atoms with van der Waals surface area (Å²) in [5.74, 6) is 1.73. The van der Waals surface area contributed by atoms with Gasteiger partial charge in [0.15, 0.2) is 0 Å². The Bertz CT molecular complexity index is 112. The second kappa shape index (κ2) is 2.54. The normalized spacial score (nSPS) is 34.8. The van der Waals surface area contributed by atoms with Gasteiger partial charge in [-0.05, 0) is 30.3 Å². The number of hydrogen-bond donors (Lipinski definition) is 1. The molecule has 1 heterocycles.